The van der Waals surface area contributed by atoms with Gasteiger partial charge >= 0.3 is 0 Å². The standard InChI is InChI=1S/C18H19NO2/c20-18(19-15-8-9-16(19)12-21-11-15)10-14-6-3-5-13-4-1-2-7-17(13)14/h1-7,15-16H,8-12H2/t15-,16-/m0/s1. The third-order valence-corrected chi connectivity index (χ3v) is 4.75. The lowest BCUT2D eigenvalue weighted by atomic mass is 10.0. The van der Waals surface area contributed by atoms with Gasteiger partial charge in [0.15, 0.2) is 0 Å². The number of hydrogen-bond acceptors (Lipinski definition) is 2. The van der Waals surface area contributed by atoms with Crippen LogP contribution in [0.5, 0.6) is 0 Å². The Balaban J connectivity index is 1.61. The molecular weight excluding hydrogens is 262 g/mol. The first-order valence-corrected chi connectivity index (χ1v) is 7.68. The van der Waals surface area contributed by atoms with Gasteiger partial charge in [-0.1, -0.05) is 42.5 Å². The maximum absolute atomic E-state index is 12.7. The normalized spacial score (nSPS) is 24.5. The van der Waals surface area contributed by atoms with E-state index >= 15 is 0 Å². The minimum Gasteiger partial charge on any atom is -0.377 e. The van der Waals surface area contributed by atoms with Crippen molar-refractivity contribution in [3.63, 3.8) is 0 Å². The molecule has 2 aliphatic rings. The van der Waals surface area contributed by atoms with E-state index in [1.165, 1.54) is 10.8 Å². The van der Waals surface area contributed by atoms with E-state index in [1.807, 2.05) is 18.2 Å². The molecule has 0 aliphatic carbocycles. The fourth-order valence-corrected chi connectivity index (χ4v) is 3.74. The molecule has 2 bridgehead atoms. The van der Waals surface area contributed by atoms with E-state index in [-0.39, 0.29) is 5.91 Å². The van der Waals surface area contributed by atoms with Crippen molar-refractivity contribution in [3.8, 4) is 0 Å². The largest absolute Gasteiger partial charge is 0.377 e. The summed E-state index contributed by atoms with van der Waals surface area (Å²) in [6.07, 6.45) is 2.67. The number of carbonyl (C=O) groups is 1. The van der Waals surface area contributed by atoms with Crippen molar-refractivity contribution in [3.05, 3.63) is 48.0 Å². The maximum atomic E-state index is 12.7. The molecule has 3 heteroatoms. The first kappa shape index (κ1) is 12.8. The number of fused-ring (bicyclic) bond motifs is 3. The van der Waals surface area contributed by atoms with Gasteiger partial charge in [0.05, 0.1) is 31.7 Å². The molecule has 1 amide bonds. The predicted molar refractivity (Wildman–Crippen MR) is 82.1 cm³/mol. The Morgan fingerprint density at radius 2 is 1.76 bits per heavy atom. The van der Waals surface area contributed by atoms with E-state index in [0.717, 1.165) is 18.4 Å². The molecule has 21 heavy (non-hydrogen) atoms. The molecule has 0 radical (unpaired) electrons. The van der Waals surface area contributed by atoms with E-state index in [0.29, 0.717) is 31.7 Å². The van der Waals surface area contributed by atoms with Crippen LogP contribution in [0, 0.1) is 0 Å². The minimum atomic E-state index is 0.252. The zero-order valence-corrected chi connectivity index (χ0v) is 12.0. The van der Waals surface area contributed by atoms with Gasteiger partial charge in [0.2, 0.25) is 5.91 Å². The summed E-state index contributed by atoms with van der Waals surface area (Å²) < 4.78 is 5.56. The third kappa shape index (κ3) is 2.22. The summed E-state index contributed by atoms with van der Waals surface area (Å²) in [5.74, 6) is 0.252. The number of amides is 1. The summed E-state index contributed by atoms with van der Waals surface area (Å²) in [6.45, 7) is 1.41. The zero-order chi connectivity index (χ0) is 14.2. The van der Waals surface area contributed by atoms with Crippen molar-refractivity contribution in [2.24, 2.45) is 0 Å². The van der Waals surface area contributed by atoms with Crippen LogP contribution in [0.15, 0.2) is 42.5 Å². The lowest BCUT2D eigenvalue weighted by Gasteiger charge is -2.34. The lowest BCUT2D eigenvalue weighted by molar-refractivity contribution is -0.140. The van der Waals surface area contributed by atoms with Crippen LogP contribution in [0.4, 0.5) is 0 Å². The number of benzene rings is 2. The Kier molecular flexibility index (Phi) is 3.15. The van der Waals surface area contributed by atoms with Gasteiger partial charge in [-0.15, -0.1) is 0 Å². The van der Waals surface area contributed by atoms with E-state index in [9.17, 15) is 4.79 Å². The highest BCUT2D eigenvalue weighted by Crippen LogP contribution is 2.30. The summed E-state index contributed by atoms with van der Waals surface area (Å²) in [6, 6.07) is 15.1. The first-order valence-electron chi connectivity index (χ1n) is 7.68. The van der Waals surface area contributed by atoms with Gasteiger partial charge in [-0.2, -0.15) is 0 Å². The quantitative estimate of drug-likeness (QED) is 0.847. The number of carbonyl (C=O) groups excluding carboxylic acids is 1. The molecule has 2 fully saturated rings. The van der Waals surface area contributed by atoms with Crippen molar-refractivity contribution in [1.29, 1.82) is 0 Å². The molecule has 0 aromatic heterocycles. The molecule has 0 saturated carbocycles. The topological polar surface area (TPSA) is 29.5 Å². The second-order valence-electron chi connectivity index (χ2n) is 6.04. The van der Waals surface area contributed by atoms with Gasteiger partial charge in [-0.25, -0.2) is 0 Å². The van der Waals surface area contributed by atoms with Crippen molar-refractivity contribution in [2.45, 2.75) is 31.3 Å². The highest BCUT2D eigenvalue weighted by molar-refractivity contribution is 5.90. The number of nitrogens with zero attached hydrogens (tertiary/aromatic N) is 1. The third-order valence-electron chi connectivity index (χ3n) is 4.75. The Morgan fingerprint density at radius 3 is 2.57 bits per heavy atom. The Labute approximate surface area is 124 Å². The summed E-state index contributed by atoms with van der Waals surface area (Å²) in [7, 11) is 0. The molecule has 2 aromatic carbocycles. The first-order chi connectivity index (χ1) is 10.3. The molecule has 3 nitrogen and oxygen atoms in total. The lowest BCUT2D eigenvalue weighted by Crippen LogP contribution is -2.49. The van der Waals surface area contributed by atoms with E-state index < -0.39 is 0 Å². The highest BCUT2D eigenvalue weighted by atomic mass is 16.5. The Morgan fingerprint density at radius 1 is 1.05 bits per heavy atom. The van der Waals surface area contributed by atoms with Crippen molar-refractivity contribution < 1.29 is 9.53 Å². The average Bonchev–Trinajstić information content (AvgIpc) is 2.77. The Bertz CT molecular complexity index is 660. The van der Waals surface area contributed by atoms with Crippen LogP contribution in [0.25, 0.3) is 10.8 Å². The van der Waals surface area contributed by atoms with Crippen molar-refractivity contribution in [2.75, 3.05) is 13.2 Å². The SMILES string of the molecule is O=C(Cc1cccc2ccccc12)N1[C@H]2CC[C@H]1COC2. The predicted octanol–water partition coefficient (Wildman–Crippen LogP) is 2.77. The van der Waals surface area contributed by atoms with Crippen LogP contribution in [-0.2, 0) is 16.0 Å². The molecule has 2 aliphatic heterocycles. The van der Waals surface area contributed by atoms with Crippen LogP contribution in [-0.4, -0.2) is 36.1 Å². The highest BCUT2D eigenvalue weighted by Gasteiger charge is 2.40. The van der Waals surface area contributed by atoms with Crippen molar-refractivity contribution in [1.82, 2.24) is 4.90 Å². The second-order valence-corrected chi connectivity index (χ2v) is 6.04. The molecule has 0 spiro atoms. The van der Waals surface area contributed by atoms with Crippen LogP contribution in [0.3, 0.4) is 0 Å². The molecule has 2 saturated heterocycles. The molecule has 2 aromatic rings. The summed E-state index contributed by atoms with van der Waals surface area (Å²) in [5, 5.41) is 2.39. The van der Waals surface area contributed by atoms with E-state index in [4.69, 9.17) is 4.74 Å². The van der Waals surface area contributed by atoms with Crippen molar-refractivity contribution >= 4 is 16.7 Å². The molecular formula is C18H19NO2. The molecule has 2 heterocycles. The van der Waals surface area contributed by atoms with Gasteiger partial charge in [0.1, 0.15) is 0 Å². The van der Waals surface area contributed by atoms with Gasteiger partial charge < -0.3 is 9.64 Å². The number of ether oxygens (including phenoxy) is 1. The average molecular weight is 281 g/mol. The van der Waals surface area contributed by atoms with Crippen LogP contribution in [0.2, 0.25) is 0 Å². The number of hydrogen-bond donors (Lipinski definition) is 0. The Hall–Kier alpha value is -1.87. The number of rotatable bonds is 2. The monoisotopic (exact) mass is 281 g/mol. The zero-order valence-electron chi connectivity index (χ0n) is 12.0. The second kappa shape index (κ2) is 5.15. The van der Waals surface area contributed by atoms with Crippen LogP contribution >= 0.6 is 0 Å². The van der Waals surface area contributed by atoms with Gasteiger partial charge in [-0.3, -0.25) is 4.79 Å². The maximum Gasteiger partial charge on any atom is 0.227 e. The summed E-state index contributed by atoms with van der Waals surface area (Å²) in [5.41, 5.74) is 1.13. The van der Waals surface area contributed by atoms with Crippen LogP contribution < -0.4 is 0 Å². The fourth-order valence-electron chi connectivity index (χ4n) is 3.74. The van der Waals surface area contributed by atoms with Crippen LogP contribution in [0.1, 0.15) is 18.4 Å². The van der Waals surface area contributed by atoms with Gasteiger partial charge in [0.25, 0.3) is 0 Å². The smallest absolute Gasteiger partial charge is 0.227 e. The molecule has 0 unspecified atom stereocenters. The fraction of sp³-hybridized carbons (Fsp3) is 0.389. The minimum absolute atomic E-state index is 0.252. The molecule has 2 atom stereocenters. The summed E-state index contributed by atoms with van der Waals surface area (Å²) >= 11 is 0. The molecule has 108 valence electrons. The summed E-state index contributed by atoms with van der Waals surface area (Å²) in [4.78, 5) is 14.8. The van der Waals surface area contributed by atoms with E-state index in [1.54, 1.807) is 0 Å². The van der Waals surface area contributed by atoms with Gasteiger partial charge in [0, 0.05) is 0 Å². The van der Waals surface area contributed by atoms with E-state index in [2.05, 4.69) is 29.2 Å². The van der Waals surface area contributed by atoms with Gasteiger partial charge in [-0.05, 0) is 29.2 Å². The molecule has 4 rings (SSSR count). The molecule has 0 N–H and O–H groups in total. The number of morpholine rings is 1.